The van der Waals surface area contributed by atoms with Crippen LogP contribution in [0.3, 0.4) is 0 Å². The zero-order valence-electron chi connectivity index (χ0n) is 8.98. The molecule has 2 unspecified atom stereocenters. The van der Waals surface area contributed by atoms with Crippen LogP contribution in [-0.4, -0.2) is 23.0 Å². The zero-order valence-corrected chi connectivity index (χ0v) is 8.98. The topological polar surface area (TPSA) is 63.3 Å². The molecule has 4 saturated carbocycles. The van der Waals surface area contributed by atoms with E-state index >= 15 is 0 Å². The Labute approximate surface area is 90.0 Å². The Morgan fingerprint density at radius 2 is 1.87 bits per heavy atom. The summed E-state index contributed by atoms with van der Waals surface area (Å²) in [5.74, 6) is 1.23. The average molecular weight is 209 g/mol. The van der Waals surface area contributed by atoms with E-state index in [2.05, 4.69) is 0 Å². The lowest BCUT2D eigenvalue weighted by Gasteiger charge is -2.61. The summed E-state index contributed by atoms with van der Waals surface area (Å²) in [6.45, 7) is 0. The third-order valence-electron chi connectivity index (χ3n) is 4.93. The van der Waals surface area contributed by atoms with Crippen molar-refractivity contribution in [1.29, 1.82) is 0 Å². The largest absolute Gasteiger partial charge is 0.390 e. The van der Waals surface area contributed by atoms with E-state index in [1.807, 2.05) is 0 Å². The van der Waals surface area contributed by atoms with Crippen LogP contribution in [0.5, 0.6) is 0 Å². The molecule has 4 bridgehead atoms. The van der Waals surface area contributed by atoms with E-state index in [4.69, 9.17) is 5.73 Å². The molecule has 0 heterocycles. The lowest BCUT2D eigenvalue weighted by atomic mass is 9.46. The van der Waals surface area contributed by atoms with Crippen LogP contribution < -0.4 is 5.73 Å². The molecule has 84 valence electrons. The number of aldehydes is 1. The molecule has 0 aromatic heterocycles. The maximum Gasteiger partial charge on any atom is 0.137 e. The molecule has 3 atom stereocenters. The molecule has 4 fully saturated rings. The number of rotatable bonds is 2. The number of aliphatic hydroxyl groups is 1. The zero-order chi connectivity index (χ0) is 10.7. The van der Waals surface area contributed by atoms with Gasteiger partial charge in [-0.05, 0) is 55.8 Å². The van der Waals surface area contributed by atoms with Crippen LogP contribution in [0.25, 0.3) is 0 Å². The summed E-state index contributed by atoms with van der Waals surface area (Å²) in [5, 5.41) is 10.4. The van der Waals surface area contributed by atoms with E-state index in [9.17, 15) is 9.90 Å². The van der Waals surface area contributed by atoms with Gasteiger partial charge in [0.1, 0.15) is 6.29 Å². The molecule has 0 saturated heterocycles. The van der Waals surface area contributed by atoms with Gasteiger partial charge in [-0.3, -0.25) is 0 Å². The molecule has 15 heavy (non-hydrogen) atoms. The number of hydrogen-bond acceptors (Lipinski definition) is 3. The van der Waals surface area contributed by atoms with Crippen molar-refractivity contribution in [3.8, 4) is 0 Å². The Bertz CT molecular complexity index is 288. The average Bonchev–Trinajstić information content (AvgIpc) is 2.12. The fraction of sp³-hybridized carbons (Fsp3) is 0.917. The Kier molecular flexibility index (Phi) is 1.85. The maximum absolute atomic E-state index is 10.9. The van der Waals surface area contributed by atoms with Crippen molar-refractivity contribution < 1.29 is 9.90 Å². The van der Waals surface area contributed by atoms with E-state index in [1.54, 1.807) is 0 Å². The molecule has 3 heteroatoms. The molecule has 0 aromatic rings. The van der Waals surface area contributed by atoms with E-state index < -0.39 is 5.60 Å². The maximum atomic E-state index is 10.9. The highest BCUT2D eigenvalue weighted by atomic mass is 16.3. The van der Waals surface area contributed by atoms with Crippen molar-refractivity contribution in [1.82, 2.24) is 0 Å². The molecule has 0 amide bonds. The van der Waals surface area contributed by atoms with Gasteiger partial charge in [0.05, 0.1) is 11.6 Å². The second kappa shape index (κ2) is 2.83. The molecular weight excluding hydrogens is 190 g/mol. The van der Waals surface area contributed by atoms with Crippen molar-refractivity contribution in [2.45, 2.75) is 50.2 Å². The first-order valence-corrected chi connectivity index (χ1v) is 5.99. The second-order valence-corrected chi connectivity index (χ2v) is 6.21. The molecule has 4 rings (SSSR count). The van der Waals surface area contributed by atoms with Crippen LogP contribution in [0, 0.1) is 17.3 Å². The lowest BCUT2D eigenvalue weighted by molar-refractivity contribution is -0.170. The third-order valence-corrected chi connectivity index (χ3v) is 4.93. The second-order valence-electron chi connectivity index (χ2n) is 6.21. The minimum absolute atomic E-state index is 0.0689. The SMILES string of the molecule is N[C@H](C=O)C12CC3CC(CC(O)(C3)C1)C2. The monoisotopic (exact) mass is 209 g/mol. The van der Waals surface area contributed by atoms with Crippen molar-refractivity contribution in [2.75, 3.05) is 0 Å². The molecule has 4 aliphatic rings. The van der Waals surface area contributed by atoms with Gasteiger partial charge in [0.2, 0.25) is 0 Å². The summed E-state index contributed by atoms with van der Waals surface area (Å²) in [6.07, 6.45) is 6.89. The van der Waals surface area contributed by atoms with Crippen LogP contribution in [0.15, 0.2) is 0 Å². The Hall–Kier alpha value is -0.410. The fourth-order valence-electron chi connectivity index (χ4n) is 4.82. The summed E-state index contributed by atoms with van der Waals surface area (Å²) < 4.78 is 0. The van der Waals surface area contributed by atoms with Crippen molar-refractivity contribution in [3.05, 3.63) is 0 Å². The van der Waals surface area contributed by atoms with Gasteiger partial charge >= 0.3 is 0 Å². The van der Waals surface area contributed by atoms with E-state index in [1.165, 1.54) is 6.42 Å². The third kappa shape index (κ3) is 1.29. The van der Waals surface area contributed by atoms with Gasteiger partial charge < -0.3 is 15.6 Å². The standard InChI is InChI=1S/C12H19NO2/c13-10(6-14)11-2-8-1-9(3-11)5-12(15,4-8)7-11/h6,8-10,15H,1-5,7,13H2/t8?,9?,10-,11?,12?/m1/s1. The number of carbonyl (C=O) groups excluding carboxylic acids is 1. The Morgan fingerprint density at radius 3 is 2.33 bits per heavy atom. The van der Waals surface area contributed by atoms with Crippen LogP contribution in [0.1, 0.15) is 38.5 Å². The van der Waals surface area contributed by atoms with Gasteiger partial charge in [0.25, 0.3) is 0 Å². The Balaban J connectivity index is 1.95. The molecule has 0 aliphatic heterocycles. The predicted molar refractivity (Wildman–Crippen MR) is 56.1 cm³/mol. The van der Waals surface area contributed by atoms with E-state index in [0.717, 1.165) is 38.4 Å². The molecule has 4 aliphatic carbocycles. The summed E-state index contributed by atoms with van der Waals surface area (Å²) in [7, 11) is 0. The van der Waals surface area contributed by atoms with Crippen molar-refractivity contribution in [2.24, 2.45) is 23.0 Å². The van der Waals surface area contributed by atoms with Crippen LogP contribution in [0.2, 0.25) is 0 Å². The summed E-state index contributed by atoms with van der Waals surface area (Å²) in [6, 6.07) is -0.366. The quantitative estimate of drug-likeness (QED) is 0.662. The molecule has 0 aromatic carbocycles. The van der Waals surface area contributed by atoms with Crippen LogP contribution in [0.4, 0.5) is 0 Å². The lowest BCUT2D eigenvalue weighted by Crippen LogP contribution is -2.61. The number of nitrogens with two attached hydrogens (primary N) is 1. The first kappa shape index (κ1) is 9.79. The molecule has 0 radical (unpaired) electrons. The first-order valence-electron chi connectivity index (χ1n) is 5.99. The van der Waals surface area contributed by atoms with Gasteiger partial charge in [-0.15, -0.1) is 0 Å². The highest BCUT2D eigenvalue weighted by molar-refractivity contribution is 5.59. The fourth-order valence-corrected chi connectivity index (χ4v) is 4.82. The van der Waals surface area contributed by atoms with Crippen molar-refractivity contribution in [3.63, 3.8) is 0 Å². The normalized spacial score (nSPS) is 54.3. The van der Waals surface area contributed by atoms with Crippen LogP contribution in [-0.2, 0) is 4.79 Å². The molecule has 0 spiro atoms. The van der Waals surface area contributed by atoms with Crippen LogP contribution >= 0.6 is 0 Å². The summed E-state index contributed by atoms with van der Waals surface area (Å²) in [5.41, 5.74) is 5.39. The highest BCUT2D eigenvalue weighted by Gasteiger charge is 2.58. The molecule has 3 nitrogen and oxygen atoms in total. The predicted octanol–water partition coefficient (Wildman–Crippen LogP) is 0.844. The van der Waals surface area contributed by atoms with Gasteiger partial charge in [0, 0.05) is 0 Å². The highest BCUT2D eigenvalue weighted by Crippen LogP contribution is 2.62. The van der Waals surface area contributed by atoms with Gasteiger partial charge in [-0.1, -0.05) is 0 Å². The van der Waals surface area contributed by atoms with E-state index in [0.29, 0.717) is 11.8 Å². The van der Waals surface area contributed by atoms with Gasteiger partial charge in [-0.2, -0.15) is 0 Å². The molecule has 3 N–H and O–H groups in total. The molecular formula is C12H19NO2. The number of carbonyl (C=O) groups is 1. The Morgan fingerprint density at radius 1 is 1.27 bits per heavy atom. The van der Waals surface area contributed by atoms with Crippen molar-refractivity contribution >= 4 is 6.29 Å². The minimum atomic E-state index is -0.495. The minimum Gasteiger partial charge on any atom is -0.390 e. The summed E-state index contributed by atoms with van der Waals surface area (Å²) in [4.78, 5) is 10.9. The number of hydrogen-bond donors (Lipinski definition) is 2. The van der Waals surface area contributed by atoms with Gasteiger partial charge in [-0.25, -0.2) is 0 Å². The summed E-state index contributed by atoms with van der Waals surface area (Å²) >= 11 is 0. The van der Waals surface area contributed by atoms with Gasteiger partial charge in [0.15, 0.2) is 0 Å². The van der Waals surface area contributed by atoms with E-state index in [-0.39, 0.29) is 11.5 Å². The first-order chi connectivity index (χ1) is 7.05. The smallest absolute Gasteiger partial charge is 0.137 e.